The minimum Gasteiger partial charge on any atom is -0.381 e. The van der Waals surface area contributed by atoms with Crippen molar-refractivity contribution < 1.29 is 9.47 Å². The van der Waals surface area contributed by atoms with Gasteiger partial charge in [0.2, 0.25) is 0 Å². The van der Waals surface area contributed by atoms with Gasteiger partial charge in [0.1, 0.15) is 0 Å². The first-order valence-electron chi connectivity index (χ1n) is 8.51. The van der Waals surface area contributed by atoms with E-state index in [0.717, 1.165) is 52.0 Å². The zero-order valence-electron chi connectivity index (χ0n) is 13.6. The van der Waals surface area contributed by atoms with Crippen LogP contribution in [0.2, 0.25) is 0 Å². The van der Waals surface area contributed by atoms with Crippen molar-refractivity contribution in [1.29, 1.82) is 0 Å². The molecule has 1 N–H and O–H groups in total. The van der Waals surface area contributed by atoms with E-state index in [2.05, 4.69) is 29.2 Å². The van der Waals surface area contributed by atoms with Gasteiger partial charge in [0.25, 0.3) is 0 Å². The summed E-state index contributed by atoms with van der Waals surface area (Å²) in [7, 11) is 4.48. The maximum absolute atomic E-state index is 6.13. The van der Waals surface area contributed by atoms with Crippen LogP contribution in [0.15, 0.2) is 0 Å². The summed E-state index contributed by atoms with van der Waals surface area (Å²) in [5.74, 6) is 0. The average Bonchev–Trinajstić information content (AvgIpc) is 2.49. The van der Waals surface area contributed by atoms with Crippen LogP contribution in [0.25, 0.3) is 0 Å². The van der Waals surface area contributed by atoms with Gasteiger partial charge in [-0.3, -0.25) is 4.90 Å². The number of hydrogen-bond donors (Lipinski definition) is 1. The quantitative estimate of drug-likeness (QED) is 0.823. The predicted molar refractivity (Wildman–Crippen MR) is 83.7 cm³/mol. The lowest BCUT2D eigenvalue weighted by Gasteiger charge is -2.44. The second-order valence-corrected chi connectivity index (χ2v) is 7.14. The van der Waals surface area contributed by atoms with E-state index in [0.29, 0.717) is 12.1 Å². The largest absolute Gasteiger partial charge is 0.381 e. The molecule has 122 valence electrons. The summed E-state index contributed by atoms with van der Waals surface area (Å²) in [6, 6.07) is 1.25. The van der Waals surface area contributed by atoms with Crippen molar-refractivity contribution in [1.82, 2.24) is 15.1 Å². The number of rotatable bonds is 3. The van der Waals surface area contributed by atoms with Crippen LogP contribution in [0.1, 0.15) is 25.7 Å². The lowest BCUT2D eigenvalue weighted by Crippen LogP contribution is -2.56. The van der Waals surface area contributed by atoms with Crippen LogP contribution in [0, 0.1) is 0 Å². The summed E-state index contributed by atoms with van der Waals surface area (Å²) >= 11 is 0. The summed E-state index contributed by atoms with van der Waals surface area (Å²) in [5.41, 5.74) is 0.101. The summed E-state index contributed by atoms with van der Waals surface area (Å²) in [5, 5.41) is 3.82. The minimum absolute atomic E-state index is 0.101. The zero-order chi connectivity index (χ0) is 14.7. The molecule has 0 saturated carbocycles. The third-order valence-corrected chi connectivity index (χ3v) is 5.52. The van der Waals surface area contributed by atoms with Crippen LogP contribution >= 0.6 is 0 Å². The molecule has 21 heavy (non-hydrogen) atoms. The highest BCUT2D eigenvalue weighted by Gasteiger charge is 2.39. The molecule has 3 rings (SSSR count). The minimum atomic E-state index is 0.101. The molecule has 3 heterocycles. The summed E-state index contributed by atoms with van der Waals surface area (Å²) in [6.07, 6.45) is 4.44. The number of ether oxygens (including phenoxy) is 2. The molecule has 3 aliphatic rings. The highest BCUT2D eigenvalue weighted by Crippen LogP contribution is 2.34. The molecule has 3 fully saturated rings. The highest BCUT2D eigenvalue weighted by atomic mass is 16.5. The van der Waals surface area contributed by atoms with Gasteiger partial charge >= 0.3 is 0 Å². The Kier molecular flexibility index (Phi) is 5.17. The summed E-state index contributed by atoms with van der Waals surface area (Å²) < 4.78 is 11.6. The van der Waals surface area contributed by atoms with Gasteiger partial charge in [-0.25, -0.2) is 0 Å². The third-order valence-electron chi connectivity index (χ3n) is 5.52. The van der Waals surface area contributed by atoms with E-state index in [1.165, 1.54) is 19.6 Å². The fourth-order valence-electron chi connectivity index (χ4n) is 3.92. The van der Waals surface area contributed by atoms with Crippen molar-refractivity contribution in [3.8, 4) is 0 Å². The Labute approximate surface area is 128 Å². The van der Waals surface area contributed by atoms with E-state index < -0.39 is 0 Å². The lowest BCUT2D eigenvalue weighted by atomic mass is 9.84. The van der Waals surface area contributed by atoms with Gasteiger partial charge in [0.15, 0.2) is 0 Å². The molecule has 5 heteroatoms. The van der Waals surface area contributed by atoms with Gasteiger partial charge in [-0.1, -0.05) is 0 Å². The fourth-order valence-corrected chi connectivity index (χ4v) is 3.92. The first kappa shape index (κ1) is 15.7. The first-order valence-corrected chi connectivity index (χ1v) is 8.51. The van der Waals surface area contributed by atoms with Crippen molar-refractivity contribution in [2.24, 2.45) is 0 Å². The predicted octanol–water partition coefficient (Wildman–Crippen LogP) is 0.550. The SMILES string of the molecule is CN1CCN(C)C(CNC2CCOC3(CCOCC3)C2)C1. The van der Waals surface area contributed by atoms with Crippen LogP contribution < -0.4 is 5.32 Å². The molecular weight excluding hydrogens is 266 g/mol. The van der Waals surface area contributed by atoms with Crippen LogP contribution in [0.3, 0.4) is 0 Å². The lowest BCUT2D eigenvalue weighted by molar-refractivity contribution is -0.140. The van der Waals surface area contributed by atoms with Crippen LogP contribution in [0.5, 0.6) is 0 Å². The first-order chi connectivity index (χ1) is 10.2. The van der Waals surface area contributed by atoms with Gasteiger partial charge in [-0.2, -0.15) is 0 Å². The maximum atomic E-state index is 6.13. The molecule has 3 saturated heterocycles. The normalized spacial score (nSPS) is 35.1. The third kappa shape index (κ3) is 3.96. The van der Waals surface area contributed by atoms with E-state index in [9.17, 15) is 0 Å². The molecule has 1 spiro atoms. The smallest absolute Gasteiger partial charge is 0.0741 e. The molecule has 0 aliphatic carbocycles. The number of piperazine rings is 1. The molecule has 0 radical (unpaired) electrons. The van der Waals surface area contributed by atoms with E-state index in [1.807, 2.05) is 0 Å². The van der Waals surface area contributed by atoms with E-state index >= 15 is 0 Å². The summed E-state index contributed by atoms with van der Waals surface area (Å²) in [4.78, 5) is 4.94. The molecule has 0 amide bonds. The highest BCUT2D eigenvalue weighted by molar-refractivity contribution is 4.92. The molecule has 0 aromatic carbocycles. The van der Waals surface area contributed by atoms with Crippen molar-refractivity contribution in [3.63, 3.8) is 0 Å². The average molecular weight is 297 g/mol. The zero-order valence-corrected chi connectivity index (χ0v) is 13.6. The number of nitrogens with one attached hydrogen (secondary N) is 1. The van der Waals surface area contributed by atoms with Crippen LogP contribution in [-0.2, 0) is 9.47 Å². The maximum Gasteiger partial charge on any atom is 0.0741 e. The second kappa shape index (κ2) is 6.92. The Hall–Kier alpha value is -0.200. The van der Waals surface area contributed by atoms with Crippen LogP contribution in [-0.4, -0.2) is 87.6 Å². The molecule has 0 aromatic heterocycles. The Bertz CT molecular complexity index is 328. The Morgan fingerprint density at radius 2 is 1.95 bits per heavy atom. The van der Waals surface area contributed by atoms with Gasteiger partial charge in [0, 0.05) is 58.1 Å². The van der Waals surface area contributed by atoms with E-state index in [-0.39, 0.29) is 5.60 Å². The number of likely N-dealkylation sites (N-methyl/N-ethyl adjacent to an activating group) is 2. The second-order valence-electron chi connectivity index (χ2n) is 7.14. The monoisotopic (exact) mass is 297 g/mol. The number of nitrogens with zero attached hydrogens (tertiary/aromatic N) is 2. The van der Waals surface area contributed by atoms with Crippen LogP contribution in [0.4, 0.5) is 0 Å². The molecule has 3 aliphatic heterocycles. The molecule has 2 atom stereocenters. The van der Waals surface area contributed by atoms with Gasteiger partial charge in [-0.15, -0.1) is 0 Å². The topological polar surface area (TPSA) is 37.0 Å². The van der Waals surface area contributed by atoms with E-state index in [4.69, 9.17) is 9.47 Å². The molecule has 2 unspecified atom stereocenters. The Morgan fingerprint density at radius 1 is 1.14 bits per heavy atom. The van der Waals surface area contributed by atoms with Crippen molar-refractivity contribution in [2.45, 2.75) is 43.4 Å². The molecule has 0 aromatic rings. The molecule has 0 bridgehead atoms. The Morgan fingerprint density at radius 3 is 2.76 bits per heavy atom. The van der Waals surface area contributed by atoms with Gasteiger partial charge < -0.3 is 19.7 Å². The summed E-state index contributed by atoms with van der Waals surface area (Å²) in [6.45, 7) is 7.26. The molecule has 5 nitrogen and oxygen atoms in total. The molecular formula is C16H31N3O2. The van der Waals surface area contributed by atoms with Crippen molar-refractivity contribution in [2.75, 3.05) is 60.1 Å². The van der Waals surface area contributed by atoms with E-state index in [1.54, 1.807) is 0 Å². The van der Waals surface area contributed by atoms with Gasteiger partial charge in [-0.05, 0) is 39.8 Å². The Balaban J connectivity index is 1.48. The standard InChI is InChI=1S/C16H31N3O2/c1-18-6-7-19(2)15(13-18)12-17-14-3-8-21-16(11-14)4-9-20-10-5-16/h14-15,17H,3-13H2,1-2H3. The van der Waals surface area contributed by atoms with Gasteiger partial charge in [0.05, 0.1) is 5.60 Å². The fraction of sp³-hybridized carbons (Fsp3) is 1.00. The van der Waals surface area contributed by atoms with Crippen molar-refractivity contribution >= 4 is 0 Å². The number of hydrogen-bond acceptors (Lipinski definition) is 5. The van der Waals surface area contributed by atoms with Crippen molar-refractivity contribution in [3.05, 3.63) is 0 Å².